The van der Waals surface area contributed by atoms with E-state index >= 15 is 0 Å². The van der Waals surface area contributed by atoms with E-state index in [2.05, 4.69) is 42.9 Å². The highest BCUT2D eigenvalue weighted by Gasteiger charge is 1.87. The standard InChI is InChI=1S/C13H19/c1-2-4-6-8-10-12-13-11-9-7-5-3-1/h1-4,7-9H,5-6,10-13H2. The summed E-state index contributed by atoms with van der Waals surface area (Å²) in [7, 11) is 0. The molecule has 71 valence electrons. The van der Waals surface area contributed by atoms with E-state index in [4.69, 9.17) is 0 Å². The van der Waals surface area contributed by atoms with Gasteiger partial charge in [-0.15, -0.1) is 0 Å². The van der Waals surface area contributed by atoms with Crippen LogP contribution in [0.4, 0.5) is 0 Å². The number of rotatable bonds is 0. The van der Waals surface area contributed by atoms with Crippen molar-refractivity contribution in [1.29, 1.82) is 0 Å². The lowest BCUT2D eigenvalue weighted by atomic mass is 10.1. The second-order valence-electron chi connectivity index (χ2n) is 3.37. The summed E-state index contributed by atoms with van der Waals surface area (Å²) in [4.78, 5) is 0. The van der Waals surface area contributed by atoms with Gasteiger partial charge in [-0.2, -0.15) is 0 Å². The van der Waals surface area contributed by atoms with Crippen molar-refractivity contribution in [2.75, 3.05) is 0 Å². The van der Waals surface area contributed by atoms with Crippen molar-refractivity contribution in [2.45, 2.75) is 38.5 Å². The highest BCUT2D eigenvalue weighted by Crippen LogP contribution is 2.06. The van der Waals surface area contributed by atoms with Gasteiger partial charge in [0.05, 0.1) is 0 Å². The third-order valence-electron chi connectivity index (χ3n) is 2.15. The first-order valence-corrected chi connectivity index (χ1v) is 5.28. The van der Waals surface area contributed by atoms with Crippen molar-refractivity contribution in [3.8, 4) is 0 Å². The van der Waals surface area contributed by atoms with Gasteiger partial charge in [0.2, 0.25) is 0 Å². The Morgan fingerprint density at radius 2 is 1.38 bits per heavy atom. The first kappa shape index (κ1) is 10.3. The van der Waals surface area contributed by atoms with E-state index in [1.807, 2.05) is 0 Å². The van der Waals surface area contributed by atoms with E-state index in [0.29, 0.717) is 0 Å². The summed E-state index contributed by atoms with van der Waals surface area (Å²) in [6.07, 6.45) is 23.0. The molecule has 0 bridgehead atoms. The zero-order valence-electron chi connectivity index (χ0n) is 8.28. The molecule has 0 heteroatoms. The Morgan fingerprint density at radius 1 is 0.615 bits per heavy atom. The van der Waals surface area contributed by atoms with E-state index in [1.54, 1.807) is 0 Å². The number of hydrogen-bond acceptors (Lipinski definition) is 0. The quantitative estimate of drug-likeness (QED) is 0.484. The Balaban J connectivity index is 2.29. The van der Waals surface area contributed by atoms with E-state index in [1.165, 1.54) is 25.7 Å². The molecule has 0 aromatic carbocycles. The molecule has 0 spiro atoms. The molecule has 1 aliphatic rings. The maximum absolute atomic E-state index is 2.37. The molecule has 0 nitrogen and oxygen atoms in total. The topological polar surface area (TPSA) is 0 Å². The summed E-state index contributed by atoms with van der Waals surface area (Å²) in [5, 5.41) is 0. The van der Waals surface area contributed by atoms with Crippen LogP contribution in [0.15, 0.2) is 36.5 Å². The maximum Gasteiger partial charge on any atom is -0.0166 e. The zero-order chi connectivity index (χ0) is 9.19. The lowest BCUT2D eigenvalue weighted by molar-refractivity contribution is 0.730. The molecule has 0 unspecified atom stereocenters. The number of allylic oxidation sites excluding steroid dienone is 6. The van der Waals surface area contributed by atoms with Crippen LogP contribution < -0.4 is 0 Å². The van der Waals surface area contributed by atoms with Crippen LogP contribution >= 0.6 is 0 Å². The third-order valence-corrected chi connectivity index (χ3v) is 2.15. The summed E-state index contributed by atoms with van der Waals surface area (Å²) in [6, 6.07) is 0. The summed E-state index contributed by atoms with van der Waals surface area (Å²) < 4.78 is 0. The van der Waals surface area contributed by atoms with Gasteiger partial charge in [-0.3, -0.25) is 0 Å². The Kier molecular flexibility index (Phi) is 6.22. The second kappa shape index (κ2) is 7.85. The molecular weight excluding hydrogens is 156 g/mol. The largest absolute Gasteiger partial charge is 0.0882 e. The summed E-state index contributed by atoms with van der Waals surface area (Å²) in [5.74, 6) is 0. The average Bonchev–Trinajstić information content (AvgIpc) is 2.18. The van der Waals surface area contributed by atoms with Crippen LogP contribution in [0.1, 0.15) is 38.5 Å². The van der Waals surface area contributed by atoms with E-state index in [-0.39, 0.29) is 0 Å². The van der Waals surface area contributed by atoms with Crippen molar-refractivity contribution in [3.63, 3.8) is 0 Å². The first-order valence-electron chi connectivity index (χ1n) is 5.28. The lowest BCUT2D eigenvalue weighted by Crippen LogP contribution is -1.77. The van der Waals surface area contributed by atoms with Crippen LogP contribution in [0.5, 0.6) is 0 Å². The van der Waals surface area contributed by atoms with Gasteiger partial charge >= 0.3 is 0 Å². The summed E-state index contributed by atoms with van der Waals surface area (Å²) >= 11 is 0. The van der Waals surface area contributed by atoms with Gasteiger partial charge in [0.15, 0.2) is 0 Å². The first-order chi connectivity index (χ1) is 6.50. The van der Waals surface area contributed by atoms with Crippen LogP contribution in [0.2, 0.25) is 0 Å². The fourth-order valence-electron chi connectivity index (χ4n) is 1.37. The lowest BCUT2D eigenvalue weighted by Gasteiger charge is -1.95. The third kappa shape index (κ3) is 6.39. The zero-order valence-corrected chi connectivity index (χ0v) is 8.28. The van der Waals surface area contributed by atoms with Crippen molar-refractivity contribution >= 4 is 0 Å². The fourth-order valence-corrected chi connectivity index (χ4v) is 1.37. The van der Waals surface area contributed by atoms with E-state index in [0.717, 1.165) is 12.8 Å². The molecule has 1 rings (SSSR count). The van der Waals surface area contributed by atoms with Gasteiger partial charge in [0, 0.05) is 0 Å². The van der Waals surface area contributed by atoms with Crippen molar-refractivity contribution in [2.24, 2.45) is 0 Å². The van der Waals surface area contributed by atoms with E-state index < -0.39 is 0 Å². The van der Waals surface area contributed by atoms with Gasteiger partial charge in [-0.05, 0) is 38.5 Å². The molecule has 0 aromatic rings. The predicted molar refractivity (Wildman–Crippen MR) is 59.4 cm³/mol. The summed E-state index contributed by atoms with van der Waals surface area (Å²) in [6.45, 7) is 0. The Bertz CT molecular complexity index is 184. The molecule has 0 aliphatic heterocycles. The maximum atomic E-state index is 2.37. The van der Waals surface area contributed by atoms with Crippen molar-refractivity contribution < 1.29 is 0 Å². The van der Waals surface area contributed by atoms with Gasteiger partial charge in [0.1, 0.15) is 0 Å². The molecule has 0 aromatic heterocycles. The Labute approximate surface area is 82.0 Å². The van der Waals surface area contributed by atoms with Gasteiger partial charge in [-0.25, -0.2) is 0 Å². The fraction of sp³-hybridized carbons (Fsp3) is 0.462. The molecule has 0 atom stereocenters. The SMILES string of the molecule is [CH]1CC=CC=CCC=CCCCC1. The molecule has 1 aliphatic carbocycles. The molecule has 0 heterocycles. The van der Waals surface area contributed by atoms with Gasteiger partial charge < -0.3 is 0 Å². The van der Waals surface area contributed by atoms with Crippen LogP contribution in [-0.2, 0) is 0 Å². The molecule has 13 heavy (non-hydrogen) atoms. The van der Waals surface area contributed by atoms with Crippen LogP contribution in [-0.4, -0.2) is 0 Å². The van der Waals surface area contributed by atoms with Crippen molar-refractivity contribution in [3.05, 3.63) is 42.9 Å². The average molecular weight is 175 g/mol. The number of hydrogen-bond donors (Lipinski definition) is 0. The molecule has 0 fully saturated rings. The molecule has 0 amide bonds. The molecule has 0 N–H and O–H groups in total. The van der Waals surface area contributed by atoms with Crippen LogP contribution in [0.3, 0.4) is 0 Å². The van der Waals surface area contributed by atoms with Gasteiger partial charge in [0.25, 0.3) is 0 Å². The smallest absolute Gasteiger partial charge is 0.0166 e. The highest BCUT2D eigenvalue weighted by molar-refractivity contribution is 5.05. The molecule has 0 saturated carbocycles. The molecule has 1 radical (unpaired) electrons. The van der Waals surface area contributed by atoms with Crippen LogP contribution in [0, 0.1) is 6.42 Å². The monoisotopic (exact) mass is 175 g/mol. The predicted octanol–water partition coefficient (Wildman–Crippen LogP) is 4.21. The van der Waals surface area contributed by atoms with Crippen molar-refractivity contribution in [1.82, 2.24) is 0 Å². The van der Waals surface area contributed by atoms with E-state index in [9.17, 15) is 0 Å². The highest BCUT2D eigenvalue weighted by atomic mass is 13.9. The Hall–Kier alpha value is -0.780. The minimum absolute atomic E-state index is 1.08. The Morgan fingerprint density at radius 3 is 2.31 bits per heavy atom. The second-order valence-corrected chi connectivity index (χ2v) is 3.37. The minimum atomic E-state index is 1.08. The summed E-state index contributed by atoms with van der Waals surface area (Å²) in [5.41, 5.74) is 0. The van der Waals surface area contributed by atoms with Crippen LogP contribution in [0.25, 0.3) is 0 Å². The normalized spacial score (nSPS) is 20.3. The molecular formula is C13H19. The molecule has 0 saturated heterocycles. The minimum Gasteiger partial charge on any atom is -0.0882 e. The van der Waals surface area contributed by atoms with Gasteiger partial charge in [-0.1, -0.05) is 42.9 Å².